The van der Waals surface area contributed by atoms with Crippen LogP contribution in [0.3, 0.4) is 0 Å². The maximum Gasteiger partial charge on any atom is 0.125 e. The fourth-order valence-electron chi connectivity index (χ4n) is 3.44. The van der Waals surface area contributed by atoms with Gasteiger partial charge in [0.25, 0.3) is 0 Å². The molecule has 1 aromatic carbocycles. The number of hydrogen-bond acceptors (Lipinski definition) is 5. The highest BCUT2D eigenvalue weighted by Crippen LogP contribution is 2.23. The summed E-state index contributed by atoms with van der Waals surface area (Å²) in [4.78, 5) is 11.4. The van der Waals surface area contributed by atoms with Crippen LogP contribution in [0.15, 0.2) is 36.5 Å². The van der Waals surface area contributed by atoms with Crippen molar-refractivity contribution in [2.75, 3.05) is 32.8 Å². The summed E-state index contributed by atoms with van der Waals surface area (Å²) in [6.45, 7) is 10.6. The Morgan fingerprint density at radius 3 is 2.56 bits per heavy atom. The predicted octanol–water partition coefficient (Wildman–Crippen LogP) is 2.82. The maximum absolute atomic E-state index is 5.53. The molecule has 0 aliphatic carbocycles. The van der Waals surface area contributed by atoms with Crippen LogP contribution in [0.25, 0.3) is 0 Å². The Morgan fingerprint density at radius 1 is 1.16 bits per heavy atom. The quantitative estimate of drug-likeness (QED) is 0.876. The van der Waals surface area contributed by atoms with Crippen molar-refractivity contribution in [1.82, 2.24) is 20.2 Å². The molecule has 3 rings (SSSR count). The summed E-state index contributed by atoms with van der Waals surface area (Å²) in [6.07, 6.45) is 1.95. The van der Waals surface area contributed by atoms with E-state index in [9.17, 15) is 0 Å². The fourth-order valence-corrected chi connectivity index (χ4v) is 3.44. The van der Waals surface area contributed by atoms with Gasteiger partial charge >= 0.3 is 0 Å². The van der Waals surface area contributed by atoms with Crippen molar-refractivity contribution in [3.63, 3.8) is 0 Å². The van der Waals surface area contributed by atoms with Gasteiger partial charge in [-0.05, 0) is 26.3 Å². The summed E-state index contributed by atoms with van der Waals surface area (Å²) in [6, 6.07) is 11.3. The minimum absolute atomic E-state index is 0.216. The van der Waals surface area contributed by atoms with Gasteiger partial charge in [-0.3, -0.25) is 4.90 Å². The molecule has 2 unspecified atom stereocenters. The molecule has 1 aliphatic heterocycles. The van der Waals surface area contributed by atoms with E-state index in [4.69, 9.17) is 4.74 Å². The van der Waals surface area contributed by atoms with Crippen LogP contribution in [0.5, 0.6) is 0 Å². The van der Waals surface area contributed by atoms with Crippen molar-refractivity contribution < 1.29 is 4.74 Å². The lowest BCUT2D eigenvalue weighted by Crippen LogP contribution is -2.43. The molecule has 2 heterocycles. The zero-order valence-electron chi connectivity index (χ0n) is 15.4. The highest BCUT2D eigenvalue weighted by Gasteiger charge is 2.23. The van der Waals surface area contributed by atoms with Crippen LogP contribution in [-0.2, 0) is 4.74 Å². The SMILES string of the molecule is Cc1ncc(C(C)NCC(c2ccccc2)N2CCOCC2)c(C)n1. The Bertz CT molecular complexity index is 671. The summed E-state index contributed by atoms with van der Waals surface area (Å²) < 4.78 is 5.53. The molecule has 1 saturated heterocycles. The van der Waals surface area contributed by atoms with Gasteiger partial charge in [0.1, 0.15) is 5.82 Å². The normalized spacial score (nSPS) is 18.0. The van der Waals surface area contributed by atoms with Gasteiger partial charge < -0.3 is 10.1 Å². The first-order chi connectivity index (χ1) is 12.1. The number of rotatable bonds is 6. The number of nitrogens with zero attached hydrogens (tertiary/aromatic N) is 3. The molecule has 2 atom stereocenters. The van der Waals surface area contributed by atoms with Gasteiger partial charge in [0.05, 0.1) is 13.2 Å². The second kappa shape index (κ2) is 8.52. The number of benzene rings is 1. The third-order valence-electron chi connectivity index (χ3n) is 4.89. The average Bonchev–Trinajstić information content (AvgIpc) is 2.63. The molecule has 134 valence electrons. The molecule has 0 amide bonds. The van der Waals surface area contributed by atoms with E-state index < -0.39 is 0 Å². The fraction of sp³-hybridized carbons (Fsp3) is 0.500. The molecular formula is C20H28N4O. The summed E-state index contributed by atoms with van der Waals surface area (Å²) in [5, 5.41) is 3.69. The molecule has 1 N–H and O–H groups in total. The standard InChI is InChI=1S/C20H28N4O/c1-15(19-13-22-17(3)23-16(19)2)21-14-20(18-7-5-4-6-8-18)24-9-11-25-12-10-24/h4-8,13,15,20-21H,9-12,14H2,1-3H3. The Labute approximate surface area is 150 Å². The van der Waals surface area contributed by atoms with E-state index in [1.165, 1.54) is 11.1 Å². The topological polar surface area (TPSA) is 50.3 Å². The van der Waals surface area contributed by atoms with Crippen LogP contribution in [0.4, 0.5) is 0 Å². The number of morpholine rings is 1. The van der Waals surface area contributed by atoms with Crippen LogP contribution in [0, 0.1) is 13.8 Å². The first kappa shape index (κ1) is 18.0. The van der Waals surface area contributed by atoms with Gasteiger partial charge in [-0.15, -0.1) is 0 Å². The van der Waals surface area contributed by atoms with E-state index in [1.54, 1.807) is 0 Å². The third-order valence-corrected chi connectivity index (χ3v) is 4.89. The zero-order valence-corrected chi connectivity index (χ0v) is 15.4. The van der Waals surface area contributed by atoms with Crippen LogP contribution in [0.2, 0.25) is 0 Å². The number of hydrogen-bond donors (Lipinski definition) is 1. The highest BCUT2D eigenvalue weighted by atomic mass is 16.5. The molecule has 0 saturated carbocycles. The van der Waals surface area contributed by atoms with E-state index in [1.807, 2.05) is 13.1 Å². The van der Waals surface area contributed by atoms with E-state index in [2.05, 4.69) is 64.4 Å². The van der Waals surface area contributed by atoms with Gasteiger partial charge in [-0.25, -0.2) is 9.97 Å². The predicted molar refractivity (Wildman–Crippen MR) is 99.5 cm³/mol. The molecule has 2 aromatic rings. The summed E-state index contributed by atoms with van der Waals surface area (Å²) in [5.41, 5.74) is 3.57. The van der Waals surface area contributed by atoms with Crippen molar-refractivity contribution in [3.8, 4) is 0 Å². The Hall–Kier alpha value is -1.82. The van der Waals surface area contributed by atoms with Crippen LogP contribution in [-0.4, -0.2) is 47.7 Å². The van der Waals surface area contributed by atoms with Crippen LogP contribution in [0.1, 0.15) is 41.7 Å². The second-order valence-corrected chi connectivity index (χ2v) is 6.66. The van der Waals surface area contributed by atoms with Gasteiger partial charge in [0, 0.05) is 49.2 Å². The smallest absolute Gasteiger partial charge is 0.125 e. The molecule has 25 heavy (non-hydrogen) atoms. The largest absolute Gasteiger partial charge is 0.379 e. The highest BCUT2D eigenvalue weighted by molar-refractivity contribution is 5.22. The van der Waals surface area contributed by atoms with E-state index in [0.29, 0.717) is 6.04 Å². The van der Waals surface area contributed by atoms with Gasteiger partial charge in [-0.1, -0.05) is 30.3 Å². The van der Waals surface area contributed by atoms with E-state index in [0.717, 1.165) is 44.4 Å². The van der Waals surface area contributed by atoms with Crippen molar-refractivity contribution in [2.24, 2.45) is 0 Å². The minimum atomic E-state index is 0.216. The zero-order chi connectivity index (χ0) is 17.6. The summed E-state index contributed by atoms with van der Waals surface area (Å²) in [5.74, 6) is 0.823. The van der Waals surface area contributed by atoms with Crippen molar-refractivity contribution in [3.05, 3.63) is 59.2 Å². The summed E-state index contributed by atoms with van der Waals surface area (Å²) in [7, 11) is 0. The van der Waals surface area contributed by atoms with Crippen LogP contribution >= 0.6 is 0 Å². The van der Waals surface area contributed by atoms with Crippen molar-refractivity contribution in [2.45, 2.75) is 32.9 Å². The van der Waals surface area contributed by atoms with Gasteiger partial charge in [-0.2, -0.15) is 0 Å². The Balaban J connectivity index is 1.71. The maximum atomic E-state index is 5.53. The Morgan fingerprint density at radius 2 is 1.88 bits per heavy atom. The van der Waals surface area contributed by atoms with Crippen molar-refractivity contribution in [1.29, 1.82) is 0 Å². The molecule has 0 bridgehead atoms. The van der Waals surface area contributed by atoms with E-state index >= 15 is 0 Å². The molecule has 5 heteroatoms. The molecular weight excluding hydrogens is 312 g/mol. The average molecular weight is 340 g/mol. The molecule has 0 spiro atoms. The molecule has 1 fully saturated rings. The van der Waals surface area contributed by atoms with Gasteiger partial charge in [0.15, 0.2) is 0 Å². The van der Waals surface area contributed by atoms with Gasteiger partial charge in [0.2, 0.25) is 0 Å². The second-order valence-electron chi connectivity index (χ2n) is 6.66. The minimum Gasteiger partial charge on any atom is -0.379 e. The lowest BCUT2D eigenvalue weighted by atomic mass is 10.0. The monoisotopic (exact) mass is 340 g/mol. The molecule has 1 aromatic heterocycles. The number of aromatic nitrogens is 2. The van der Waals surface area contributed by atoms with E-state index in [-0.39, 0.29) is 6.04 Å². The van der Waals surface area contributed by atoms with Crippen molar-refractivity contribution >= 4 is 0 Å². The van der Waals surface area contributed by atoms with Crippen LogP contribution < -0.4 is 5.32 Å². The molecule has 5 nitrogen and oxygen atoms in total. The molecule has 0 radical (unpaired) electrons. The summed E-state index contributed by atoms with van der Waals surface area (Å²) >= 11 is 0. The third kappa shape index (κ3) is 4.63. The Kier molecular flexibility index (Phi) is 6.13. The number of ether oxygens (including phenoxy) is 1. The first-order valence-electron chi connectivity index (χ1n) is 9.05. The number of aryl methyl sites for hydroxylation is 2. The molecule has 1 aliphatic rings. The number of nitrogens with one attached hydrogen (secondary N) is 1. The lowest BCUT2D eigenvalue weighted by Gasteiger charge is -2.35. The lowest BCUT2D eigenvalue weighted by molar-refractivity contribution is 0.0157. The first-order valence-corrected chi connectivity index (χ1v) is 9.05.